The molecular weight excluding hydrogens is 428 g/mol. The molecule has 2 rings (SSSR count). The van der Waals surface area contributed by atoms with Crippen LogP contribution in [0.15, 0.2) is 40.9 Å². The summed E-state index contributed by atoms with van der Waals surface area (Å²) in [6.07, 6.45) is 0. The van der Waals surface area contributed by atoms with Crippen LogP contribution < -0.4 is 10.2 Å². The predicted octanol–water partition coefficient (Wildman–Crippen LogP) is 3.44. The highest BCUT2D eigenvalue weighted by Gasteiger charge is 2.22. The van der Waals surface area contributed by atoms with E-state index < -0.39 is 10.8 Å². The van der Waals surface area contributed by atoms with Gasteiger partial charge in [0.2, 0.25) is 5.91 Å². The third-order valence-corrected chi connectivity index (χ3v) is 4.59. The molecule has 0 spiro atoms. The second kappa shape index (κ2) is 8.83. The van der Waals surface area contributed by atoms with Crippen LogP contribution in [0.2, 0.25) is 0 Å². The number of carbonyl (C=O) groups excluding carboxylic acids is 2. The number of nitrogens with zero attached hydrogens (tertiary/aromatic N) is 3. The first kappa shape index (κ1) is 21.4. The Balaban J connectivity index is 2.18. The number of aryl methyl sites for hydroxylation is 1. The number of likely N-dealkylation sites (N-methyl/N-ethyl adjacent to an activating group) is 1. The zero-order chi connectivity index (χ0) is 21.0. The monoisotopic (exact) mass is 448 g/mol. The topological polar surface area (TPSA) is 95.8 Å². The van der Waals surface area contributed by atoms with Gasteiger partial charge in [0, 0.05) is 49.1 Å². The molecule has 148 valence electrons. The van der Waals surface area contributed by atoms with Gasteiger partial charge < -0.3 is 15.1 Å². The highest BCUT2D eigenvalue weighted by Crippen LogP contribution is 2.25. The van der Waals surface area contributed by atoms with Gasteiger partial charge in [0.15, 0.2) is 0 Å². The summed E-state index contributed by atoms with van der Waals surface area (Å²) >= 11 is 3.36. The number of carbonyl (C=O) groups is 2. The van der Waals surface area contributed by atoms with Gasteiger partial charge in [0.25, 0.3) is 11.6 Å². The second-order valence-electron chi connectivity index (χ2n) is 6.52. The van der Waals surface area contributed by atoms with Crippen LogP contribution in [0.3, 0.4) is 0 Å². The first-order valence-corrected chi connectivity index (χ1v) is 9.16. The van der Waals surface area contributed by atoms with Gasteiger partial charge in [0.1, 0.15) is 0 Å². The molecule has 0 radical (unpaired) electrons. The van der Waals surface area contributed by atoms with E-state index in [1.165, 1.54) is 30.1 Å². The molecule has 0 saturated carbocycles. The number of rotatable bonds is 6. The lowest BCUT2D eigenvalue weighted by Crippen LogP contribution is -2.35. The molecule has 1 N–H and O–H groups in total. The Bertz CT molecular complexity index is 930. The fourth-order valence-corrected chi connectivity index (χ4v) is 3.12. The molecule has 2 amide bonds. The summed E-state index contributed by atoms with van der Waals surface area (Å²) in [4.78, 5) is 38.6. The number of nitro benzene ring substituents is 1. The zero-order valence-corrected chi connectivity index (χ0v) is 17.6. The molecule has 0 bridgehead atoms. The van der Waals surface area contributed by atoms with Gasteiger partial charge >= 0.3 is 0 Å². The Labute approximate surface area is 171 Å². The van der Waals surface area contributed by atoms with Crippen LogP contribution >= 0.6 is 15.9 Å². The van der Waals surface area contributed by atoms with Crippen molar-refractivity contribution in [1.29, 1.82) is 0 Å². The Morgan fingerprint density at radius 3 is 2.39 bits per heavy atom. The molecule has 2 aromatic carbocycles. The van der Waals surface area contributed by atoms with E-state index in [1.807, 2.05) is 19.1 Å². The van der Waals surface area contributed by atoms with Crippen LogP contribution in [0.5, 0.6) is 0 Å². The normalized spacial score (nSPS) is 10.3. The van der Waals surface area contributed by atoms with Crippen LogP contribution in [-0.2, 0) is 4.79 Å². The predicted molar refractivity (Wildman–Crippen MR) is 112 cm³/mol. The molecule has 0 aliphatic carbocycles. The van der Waals surface area contributed by atoms with Gasteiger partial charge in [-0.2, -0.15) is 0 Å². The quantitative estimate of drug-likeness (QED) is 0.539. The summed E-state index contributed by atoms with van der Waals surface area (Å²) in [6, 6.07) is 9.54. The number of non-ortho nitro benzene ring substituents is 1. The Kier molecular flexibility index (Phi) is 6.74. The molecule has 28 heavy (non-hydrogen) atoms. The van der Waals surface area contributed by atoms with E-state index in [0.29, 0.717) is 11.4 Å². The van der Waals surface area contributed by atoms with E-state index >= 15 is 0 Å². The van der Waals surface area contributed by atoms with Crippen molar-refractivity contribution < 1.29 is 14.5 Å². The first-order valence-electron chi connectivity index (χ1n) is 8.37. The lowest BCUT2D eigenvalue weighted by atomic mass is 10.1. The second-order valence-corrected chi connectivity index (χ2v) is 7.44. The van der Waals surface area contributed by atoms with Crippen molar-refractivity contribution in [3.63, 3.8) is 0 Å². The van der Waals surface area contributed by atoms with E-state index in [4.69, 9.17) is 0 Å². The maximum atomic E-state index is 12.8. The number of anilines is 2. The van der Waals surface area contributed by atoms with E-state index in [-0.39, 0.29) is 23.7 Å². The SMILES string of the molecule is Cc1cc(Br)ccc1NC(=O)CN(C)C(=O)c1cc([N+](=O)[O-])ccc1N(C)C. The number of halogens is 1. The van der Waals surface area contributed by atoms with Crippen molar-refractivity contribution in [3.8, 4) is 0 Å². The summed E-state index contributed by atoms with van der Waals surface area (Å²) in [5, 5.41) is 13.8. The number of amides is 2. The highest BCUT2D eigenvalue weighted by molar-refractivity contribution is 9.10. The fourth-order valence-electron chi connectivity index (χ4n) is 2.65. The molecule has 8 nitrogen and oxygen atoms in total. The van der Waals surface area contributed by atoms with Crippen molar-refractivity contribution in [2.24, 2.45) is 0 Å². The minimum absolute atomic E-state index is 0.161. The molecule has 0 atom stereocenters. The third kappa shape index (κ3) is 5.07. The summed E-state index contributed by atoms with van der Waals surface area (Å²) in [5.74, 6) is -0.840. The van der Waals surface area contributed by atoms with Crippen LogP contribution in [0.1, 0.15) is 15.9 Å². The molecule has 0 aliphatic heterocycles. The standard InChI is InChI=1S/C19H21BrN4O4/c1-12-9-13(20)5-7-16(12)21-18(25)11-23(4)19(26)15-10-14(24(27)28)6-8-17(15)22(2)3/h5-10H,11H2,1-4H3,(H,21,25). The number of hydrogen-bond donors (Lipinski definition) is 1. The van der Waals surface area contributed by atoms with E-state index in [9.17, 15) is 19.7 Å². The molecule has 0 aliphatic rings. The Morgan fingerprint density at radius 1 is 1.14 bits per heavy atom. The maximum Gasteiger partial charge on any atom is 0.270 e. The highest BCUT2D eigenvalue weighted by atomic mass is 79.9. The molecule has 0 fully saturated rings. The minimum Gasteiger partial charge on any atom is -0.377 e. The van der Waals surface area contributed by atoms with Crippen LogP contribution in [0.4, 0.5) is 17.1 Å². The summed E-state index contributed by atoms with van der Waals surface area (Å²) in [7, 11) is 4.95. The van der Waals surface area contributed by atoms with Gasteiger partial charge in [0.05, 0.1) is 17.0 Å². The lowest BCUT2D eigenvalue weighted by molar-refractivity contribution is -0.384. The summed E-state index contributed by atoms with van der Waals surface area (Å²) < 4.78 is 0.900. The molecule has 0 unspecified atom stereocenters. The lowest BCUT2D eigenvalue weighted by Gasteiger charge is -2.21. The average molecular weight is 449 g/mol. The van der Waals surface area contributed by atoms with E-state index in [0.717, 1.165) is 10.0 Å². The smallest absolute Gasteiger partial charge is 0.270 e. The van der Waals surface area contributed by atoms with Gasteiger partial charge in [-0.15, -0.1) is 0 Å². The van der Waals surface area contributed by atoms with Crippen LogP contribution in [-0.4, -0.2) is 49.3 Å². The summed E-state index contributed by atoms with van der Waals surface area (Å²) in [6.45, 7) is 1.67. The van der Waals surface area contributed by atoms with Crippen molar-refractivity contribution in [3.05, 3.63) is 62.1 Å². The number of nitro groups is 1. The van der Waals surface area contributed by atoms with E-state index in [2.05, 4.69) is 21.2 Å². The number of nitrogens with one attached hydrogen (secondary N) is 1. The molecule has 2 aromatic rings. The van der Waals surface area contributed by atoms with Crippen molar-refractivity contribution in [2.45, 2.75) is 6.92 Å². The molecule has 0 saturated heterocycles. The van der Waals surface area contributed by atoms with Crippen LogP contribution in [0, 0.1) is 17.0 Å². The minimum atomic E-state index is -0.556. The molecule has 0 aromatic heterocycles. The van der Waals surface area contributed by atoms with Crippen LogP contribution in [0.25, 0.3) is 0 Å². The van der Waals surface area contributed by atoms with Crippen molar-refractivity contribution in [1.82, 2.24) is 4.90 Å². The van der Waals surface area contributed by atoms with Gasteiger partial charge in [-0.25, -0.2) is 0 Å². The zero-order valence-electron chi connectivity index (χ0n) is 16.0. The largest absolute Gasteiger partial charge is 0.377 e. The fraction of sp³-hybridized carbons (Fsp3) is 0.263. The Hall–Kier alpha value is -2.94. The molecule has 9 heteroatoms. The van der Waals surface area contributed by atoms with Gasteiger partial charge in [-0.3, -0.25) is 19.7 Å². The molecule has 0 heterocycles. The van der Waals surface area contributed by atoms with Crippen molar-refractivity contribution in [2.75, 3.05) is 37.9 Å². The summed E-state index contributed by atoms with van der Waals surface area (Å²) in [5.41, 5.74) is 2.04. The maximum absolute atomic E-state index is 12.8. The first-order chi connectivity index (χ1) is 13.1. The average Bonchev–Trinajstić information content (AvgIpc) is 2.62. The third-order valence-electron chi connectivity index (χ3n) is 4.09. The molecular formula is C19H21BrN4O4. The van der Waals surface area contributed by atoms with Gasteiger partial charge in [-0.1, -0.05) is 15.9 Å². The number of hydrogen-bond acceptors (Lipinski definition) is 5. The van der Waals surface area contributed by atoms with E-state index in [1.54, 1.807) is 25.1 Å². The number of benzene rings is 2. The Morgan fingerprint density at radius 2 is 1.82 bits per heavy atom. The van der Waals surface area contributed by atoms with Gasteiger partial charge in [-0.05, 0) is 36.8 Å². The van der Waals surface area contributed by atoms with Crippen molar-refractivity contribution >= 4 is 44.8 Å².